The van der Waals surface area contributed by atoms with Crippen LogP contribution in [0.4, 0.5) is 0 Å². The average molecular weight is 216 g/mol. The van der Waals surface area contributed by atoms with Gasteiger partial charge in [-0.2, -0.15) is 12.6 Å². The van der Waals surface area contributed by atoms with E-state index >= 15 is 0 Å². The molecule has 0 aliphatic rings. The van der Waals surface area contributed by atoms with Crippen LogP contribution in [0, 0.1) is 0 Å². The highest BCUT2D eigenvalue weighted by molar-refractivity contribution is 7.80. The maximum absolute atomic E-state index is 10.5. The standard InChI is InChI=1S/C5H7Cl2NO2S/c6-3(7)1-5(8,2-11)4(9)10/h1,11H,2,8H2,(H,9,10)/t5-/m0/s1. The molecule has 0 heterocycles. The van der Waals surface area contributed by atoms with Crippen molar-refractivity contribution in [2.45, 2.75) is 5.54 Å². The van der Waals surface area contributed by atoms with E-state index in [0.717, 1.165) is 6.08 Å². The maximum Gasteiger partial charge on any atom is 0.328 e. The van der Waals surface area contributed by atoms with Crippen LogP contribution in [-0.4, -0.2) is 22.4 Å². The summed E-state index contributed by atoms with van der Waals surface area (Å²) in [6.45, 7) is 0. The van der Waals surface area contributed by atoms with Gasteiger partial charge in [0.25, 0.3) is 0 Å². The molecule has 0 saturated carbocycles. The Hall–Kier alpha value is 0.1000. The Labute approximate surface area is 79.6 Å². The molecule has 3 nitrogen and oxygen atoms in total. The predicted octanol–water partition coefficient (Wildman–Crippen LogP) is 1.02. The van der Waals surface area contributed by atoms with Crippen LogP contribution < -0.4 is 5.73 Å². The van der Waals surface area contributed by atoms with Crippen LogP contribution in [0.5, 0.6) is 0 Å². The molecule has 0 aromatic heterocycles. The van der Waals surface area contributed by atoms with E-state index in [-0.39, 0.29) is 10.2 Å². The van der Waals surface area contributed by atoms with Gasteiger partial charge in [0.05, 0.1) is 0 Å². The molecular weight excluding hydrogens is 209 g/mol. The highest BCUT2D eigenvalue weighted by Gasteiger charge is 2.30. The lowest BCUT2D eigenvalue weighted by atomic mass is 10.1. The second-order valence-electron chi connectivity index (χ2n) is 1.94. The van der Waals surface area contributed by atoms with Gasteiger partial charge in [-0.1, -0.05) is 23.2 Å². The maximum atomic E-state index is 10.5. The minimum atomic E-state index is -1.58. The molecule has 0 saturated heterocycles. The second kappa shape index (κ2) is 4.21. The predicted molar refractivity (Wildman–Crippen MR) is 48.2 cm³/mol. The Morgan fingerprint density at radius 1 is 1.73 bits per heavy atom. The molecule has 0 rings (SSSR count). The molecule has 1 atom stereocenters. The Balaban J connectivity index is 4.62. The molecule has 0 amide bonds. The number of hydrogen-bond donors (Lipinski definition) is 3. The van der Waals surface area contributed by atoms with Crippen molar-refractivity contribution >= 4 is 41.8 Å². The fraction of sp³-hybridized carbons (Fsp3) is 0.400. The zero-order chi connectivity index (χ0) is 9.07. The van der Waals surface area contributed by atoms with E-state index in [1.807, 2.05) is 0 Å². The van der Waals surface area contributed by atoms with Crippen molar-refractivity contribution in [2.24, 2.45) is 5.73 Å². The fourth-order valence-corrected chi connectivity index (χ4v) is 0.986. The molecule has 0 fully saturated rings. The SMILES string of the molecule is N[C@@](C=C(Cl)Cl)(CS)C(=O)O. The highest BCUT2D eigenvalue weighted by Crippen LogP contribution is 2.14. The average Bonchev–Trinajstić information content (AvgIpc) is 1.86. The molecule has 0 aliphatic carbocycles. The number of carbonyl (C=O) groups is 1. The van der Waals surface area contributed by atoms with Gasteiger partial charge in [0.2, 0.25) is 0 Å². The summed E-state index contributed by atoms with van der Waals surface area (Å²) in [6, 6.07) is 0. The molecule has 3 N–H and O–H groups in total. The van der Waals surface area contributed by atoms with Gasteiger partial charge in [-0.05, 0) is 6.08 Å². The lowest BCUT2D eigenvalue weighted by Gasteiger charge is -2.16. The molecule has 0 bridgehead atoms. The van der Waals surface area contributed by atoms with Crippen molar-refractivity contribution in [3.63, 3.8) is 0 Å². The summed E-state index contributed by atoms with van der Waals surface area (Å²) in [5.74, 6) is -1.28. The van der Waals surface area contributed by atoms with Crippen LogP contribution in [0.15, 0.2) is 10.6 Å². The lowest BCUT2D eigenvalue weighted by Crippen LogP contribution is -2.48. The molecule has 6 heteroatoms. The van der Waals surface area contributed by atoms with E-state index in [1.54, 1.807) is 0 Å². The highest BCUT2D eigenvalue weighted by atomic mass is 35.5. The van der Waals surface area contributed by atoms with Crippen molar-refractivity contribution in [1.29, 1.82) is 0 Å². The van der Waals surface area contributed by atoms with Crippen LogP contribution in [0.2, 0.25) is 0 Å². The summed E-state index contributed by atoms with van der Waals surface area (Å²) in [7, 11) is 0. The summed E-state index contributed by atoms with van der Waals surface area (Å²) in [5, 5.41) is 8.55. The van der Waals surface area contributed by atoms with Gasteiger partial charge < -0.3 is 10.8 Å². The first-order valence-corrected chi connectivity index (χ1v) is 3.98. The van der Waals surface area contributed by atoms with Crippen molar-refractivity contribution < 1.29 is 9.90 Å². The molecule has 64 valence electrons. The number of nitrogens with two attached hydrogens (primary N) is 1. The Morgan fingerprint density at radius 2 is 2.18 bits per heavy atom. The second-order valence-corrected chi connectivity index (χ2v) is 3.26. The number of halogens is 2. The zero-order valence-electron chi connectivity index (χ0n) is 5.42. The number of carboxylic acids is 1. The van der Waals surface area contributed by atoms with E-state index in [4.69, 9.17) is 34.0 Å². The summed E-state index contributed by atoms with van der Waals surface area (Å²) in [6.07, 6.45) is 1.03. The monoisotopic (exact) mass is 215 g/mol. The first-order chi connectivity index (χ1) is 4.92. The summed E-state index contributed by atoms with van der Waals surface area (Å²) < 4.78 is -0.177. The molecular formula is C5H7Cl2NO2S. The number of aliphatic carboxylic acids is 1. The van der Waals surface area contributed by atoms with Crippen molar-refractivity contribution in [2.75, 3.05) is 5.75 Å². The molecule has 0 spiro atoms. The number of hydrogen-bond acceptors (Lipinski definition) is 3. The summed E-state index contributed by atoms with van der Waals surface area (Å²) in [5.41, 5.74) is 3.74. The molecule has 0 radical (unpaired) electrons. The fourth-order valence-electron chi connectivity index (χ4n) is 0.370. The molecule has 0 aromatic rings. The topological polar surface area (TPSA) is 63.3 Å². The van der Waals surface area contributed by atoms with Gasteiger partial charge in [0, 0.05) is 5.75 Å². The smallest absolute Gasteiger partial charge is 0.328 e. The molecule has 11 heavy (non-hydrogen) atoms. The van der Waals surface area contributed by atoms with Crippen LogP contribution in [0.1, 0.15) is 0 Å². The van der Waals surface area contributed by atoms with Gasteiger partial charge >= 0.3 is 5.97 Å². The largest absolute Gasteiger partial charge is 0.480 e. The minimum absolute atomic E-state index is 0.0642. The van der Waals surface area contributed by atoms with Crippen molar-refractivity contribution in [1.82, 2.24) is 0 Å². The van der Waals surface area contributed by atoms with Gasteiger partial charge in [0.1, 0.15) is 10.0 Å². The van der Waals surface area contributed by atoms with E-state index in [9.17, 15) is 4.79 Å². The van der Waals surface area contributed by atoms with Gasteiger partial charge in [-0.3, -0.25) is 0 Å². The van der Waals surface area contributed by atoms with Crippen LogP contribution in [0.3, 0.4) is 0 Å². The minimum Gasteiger partial charge on any atom is -0.480 e. The van der Waals surface area contributed by atoms with Gasteiger partial charge in [-0.25, -0.2) is 4.79 Å². The van der Waals surface area contributed by atoms with E-state index < -0.39 is 11.5 Å². The lowest BCUT2D eigenvalue weighted by molar-refractivity contribution is -0.140. The Morgan fingerprint density at radius 3 is 2.27 bits per heavy atom. The van der Waals surface area contributed by atoms with Crippen LogP contribution >= 0.6 is 35.8 Å². The van der Waals surface area contributed by atoms with E-state index in [0.29, 0.717) is 0 Å². The summed E-state index contributed by atoms with van der Waals surface area (Å²) >= 11 is 14.2. The number of thiol groups is 1. The van der Waals surface area contributed by atoms with Crippen LogP contribution in [0.25, 0.3) is 0 Å². The first-order valence-electron chi connectivity index (χ1n) is 2.59. The molecule has 0 aromatic carbocycles. The third kappa shape index (κ3) is 3.33. The zero-order valence-corrected chi connectivity index (χ0v) is 7.83. The number of rotatable bonds is 3. The Kier molecular flexibility index (Phi) is 4.25. The third-order valence-corrected chi connectivity index (χ3v) is 1.77. The quantitative estimate of drug-likeness (QED) is 0.617. The van der Waals surface area contributed by atoms with Gasteiger partial charge in [0.15, 0.2) is 0 Å². The summed E-state index contributed by atoms with van der Waals surface area (Å²) in [4.78, 5) is 10.5. The van der Waals surface area contributed by atoms with Gasteiger partial charge in [-0.15, -0.1) is 0 Å². The molecule has 0 aliphatic heterocycles. The normalized spacial score (nSPS) is 15.3. The van der Waals surface area contributed by atoms with Crippen LogP contribution in [-0.2, 0) is 4.79 Å². The van der Waals surface area contributed by atoms with Crippen molar-refractivity contribution in [3.8, 4) is 0 Å². The first kappa shape index (κ1) is 11.1. The van der Waals surface area contributed by atoms with E-state index in [2.05, 4.69) is 12.6 Å². The third-order valence-electron chi connectivity index (χ3n) is 1.03. The molecule has 0 unspecified atom stereocenters. The Bertz CT molecular complexity index is 193. The van der Waals surface area contributed by atoms with Crippen molar-refractivity contribution in [3.05, 3.63) is 10.6 Å². The van der Waals surface area contributed by atoms with E-state index in [1.165, 1.54) is 0 Å². The number of carboxylic acid groups (broad SMARTS) is 1.